The first-order chi connectivity index (χ1) is 54.2. The molecule has 9 heterocycles. The number of aromatic amines is 2. The number of benzene rings is 5. The van der Waals surface area contributed by atoms with E-state index >= 15 is 0 Å². The van der Waals surface area contributed by atoms with E-state index in [0.717, 1.165) is 155 Å². The standard InChI is InChI=1S/C27H27N5O8.C20H23N3O4.C17H18N2O3.C7H5ClN2O4.C6H13NO2.Na.H/c1-38-17-22-25-21-4-2-3-5-23(21)30(16-18-12-19(31(34)35)14-20(13-18)32(36)37)24(25)15-28-26(22)27(33)40-11-8-29-6-9-39-10-7-29;1-25-13-15-18-14-4-2-3-5-16(14)22-17(18)12-21-19(15)20(24)27-11-8-23-6-9-26-10-7-23;1-10(2)22-17(20)16-12(9-21-3)15-11-6-4-5-7-13(11)19-14(15)8-18-16;8-4-5-1-6(9(11)12)3-7(2-5)10(13)14;8-4-1-7-2-5-9-6-3-7;;/h2-5,12-15H,6-11,16-17H2,1H3;2-5,12,22H,6-11,13H2,1H3;4-8,10,19H,9H2,1-3H3;1-3H,4H2;8H,1-6H2;;/q;;;;;+1;-1. The fourth-order valence-corrected chi connectivity index (χ4v) is 13.3. The van der Waals surface area contributed by atoms with Crippen LogP contribution in [0.2, 0.25) is 0 Å². The van der Waals surface area contributed by atoms with Gasteiger partial charge in [-0.25, -0.2) is 29.3 Å². The number of ether oxygens (including phenoxy) is 9. The zero-order chi connectivity index (χ0) is 79.8. The van der Waals surface area contributed by atoms with Crippen molar-refractivity contribution in [1.82, 2.24) is 44.2 Å². The van der Waals surface area contributed by atoms with Crippen LogP contribution in [0, 0.1) is 40.5 Å². The van der Waals surface area contributed by atoms with Gasteiger partial charge in [0, 0.05) is 182 Å². The normalized spacial score (nSPS) is 13.9. The van der Waals surface area contributed by atoms with Crippen LogP contribution in [0.15, 0.2) is 128 Å². The summed E-state index contributed by atoms with van der Waals surface area (Å²) < 4.78 is 50.2. The van der Waals surface area contributed by atoms with Gasteiger partial charge >= 0.3 is 47.5 Å². The molecule has 594 valence electrons. The van der Waals surface area contributed by atoms with Gasteiger partial charge in [0.2, 0.25) is 0 Å². The first-order valence-corrected chi connectivity index (χ1v) is 36.4. The van der Waals surface area contributed by atoms with Crippen molar-refractivity contribution in [1.29, 1.82) is 0 Å². The molecular weight excluding hydrogens is 1500 g/mol. The molecule has 0 saturated carbocycles. The van der Waals surface area contributed by atoms with E-state index < -0.39 is 37.6 Å². The average Bonchev–Trinajstić information content (AvgIpc) is 1.57. The number of nitrogens with one attached hydrogen (secondary N) is 2. The number of carbonyl (C=O) groups excluding carboxylic acids is 3. The topological polar surface area (TPSA) is 412 Å². The molecule has 11 aromatic rings. The van der Waals surface area contributed by atoms with Gasteiger partial charge in [-0.2, -0.15) is 0 Å². The number of hydrogen-bond donors (Lipinski definition) is 3. The molecule has 3 fully saturated rings. The van der Waals surface area contributed by atoms with Crippen LogP contribution >= 0.6 is 11.6 Å². The largest absolute Gasteiger partial charge is 1.00 e. The van der Waals surface area contributed by atoms with Crippen LogP contribution < -0.4 is 29.6 Å². The number of aliphatic hydroxyl groups excluding tert-OH is 1. The Balaban J connectivity index is 0.000000192. The second-order valence-electron chi connectivity index (χ2n) is 26.0. The van der Waals surface area contributed by atoms with Crippen LogP contribution in [0.3, 0.4) is 0 Å². The second-order valence-corrected chi connectivity index (χ2v) is 26.3. The van der Waals surface area contributed by atoms with E-state index in [1.165, 1.54) is 31.4 Å². The molecule has 113 heavy (non-hydrogen) atoms. The summed E-state index contributed by atoms with van der Waals surface area (Å²) in [6, 6.07) is 30.3. The van der Waals surface area contributed by atoms with Gasteiger partial charge in [-0.3, -0.25) is 55.2 Å². The molecule has 0 unspecified atom stereocenters. The third-order valence-electron chi connectivity index (χ3n) is 18.3. The molecule has 0 aliphatic carbocycles. The number of pyridine rings is 3. The first kappa shape index (κ1) is 86.8. The van der Waals surface area contributed by atoms with Gasteiger partial charge in [-0.05, 0) is 43.2 Å². The summed E-state index contributed by atoms with van der Waals surface area (Å²) in [5, 5.41) is 57.7. The molecule has 6 aromatic heterocycles. The van der Waals surface area contributed by atoms with Gasteiger partial charge in [-0.1, -0.05) is 54.6 Å². The quantitative estimate of drug-likeness (QED) is 0.0121. The minimum Gasteiger partial charge on any atom is -1.00 e. The number of morpholine rings is 3. The predicted molar refractivity (Wildman–Crippen MR) is 416 cm³/mol. The van der Waals surface area contributed by atoms with E-state index in [0.29, 0.717) is 79.7 Å². The Bertz CT molecular complexity index is 5080. The van der Waals surface area contributed by atoms with Crippen molar-refractivity contribution in [2.24, 2.45) is 0 Å². The molecule has 3 aliphatic rings. The van der Waals surface area contributed by atoms with E-state index in [-0.39, 0.29) is 97.8 Å². The monoisotopic (exact) mass is 1590 g/mol. The summed E-state index contributed by atoms with van der Waals surface area (Å²) in [5.74, 6) is -1.40. The molecule has 14 rings (SSSR count). The van der Waals surface area contributed by atoms with Crippen molar-refractivity contribution in [2.45, 2.75) is 52.2 Å². The third-order valence-corrected chi connectivity index (χ3v) is 18.6. The Kier molecular flexibility index (Phi) is 32.8. The number of H-pyrrole nitrogens is 2. The number of alkyl halides is 1. The fraction of sp³-hybridized carbons (Fsp3) is 0.377. The maximum atomic E-state index is 13.1. The Morgan fingerprint density at radius 1 is 0.504 bits per heavy atom. The van der Waals surface area contributed by atoms with Crippen LogP contribution in [0.25, 0.3) is 65.4 Å². The van der Waals surface area contributed by atoms with Gasteiger partial charge in [0.1, 0.15) is 13.2 Å². The third kappa shape index (κ3) is 22.6. The molecule has 0 amide bonds. The maximum absolute atomic E-state index is 13.1. The number of rotatable bonds is 25. The summed E-state index contributed by atoms with van der Waals surface area (Å²) in [4.78, 5) is 105. The van der Waals surface area contributed by atoms with Crippen molar-refractivity contribution in [3.8, 4) is 0 Å². The number of para-hydroxylation sites is 3. The number of non-ortho nitro benzene ring substituents is 4. The summed E-state index contributed by atoms with van der Waals surface area (Å²) in [6.45, 7) is 16.9. The van der Waals surface area contributed by atoms with Crippen molar-refractivity contribution in [2.75, 3.05) is 140 Å². The average molecular weight is 1590 g/mol. The smallest absolute Gasteiger partial charge is 1.00 e. The van der Waals surface area contributed by atoms with Gasteiger partial charge < -0.3 is 63.7 Å². The number of hydrogen-bond acceptors (Lipinski definition) is 27. The van der Waals surface area contributed by atoms with Crippen molar-refractivity contribution in [3.05, 3.63) is 213 Å². The number of aliphatic hydroxyl groups is 1. The minimum atomic E-state index is -0.691. The molecule has 0 bridgehead atoms. The van der Waals surface area contributed by atoms with E-state index in [9.17, 15) is 54.8 Å². The van der Waals surface area contributed by atoms with Crippen LogP contribution in [0.1, 0.15) is 74.6 Å². The van der Waals surface area contributed by atoms with Gasteiger partial charge in [-0.15, -0.1) is 11.6 Å². The minimum absolute atomic E-state index is 0. The van der Waals surface area contributed by atoms with E-state index in [1.54, 1.807) is 32.8 Å². The molecule has 0 atom stereocenters. The molecule has 3 aliphatic heterocycles. The molecule has 5 aromatic carbocycles. The van der Waals surface area contributed by atoms with Crippen LogP contribution in [0.4, 0.5) is 22.7 Å². The Labute approximate surface area is 675 Å². The molecule has 0 spiro atoms. The predicted octanol–water partition coefficient (Wildman–Crippen LogP) is 8.14. The number of esters is 3. The van der Waals surface area contributed by atoms with E-state index in [4.69, 9.17) is 59.3 Å². The number of fused-ring (bicyclic) bond motifs is 9. The van der Waals surface area contributed by atoms with Crippen molar-refractivity contribution >= 4 is 118 Å². The SMILES string of the molecule is COCc1c(C(=O)OC(C)C)ncc2[nH]c3ccccc3c12.COCc1c(C(=O)OCCN2CCOCC2)ncc2[nH]c3ccccc3c12.COCc1c(C(=O)OCCN2CCOCC2)ncc2c1c1ccccc1n2Cc1cc([N+](=O)[O-])cc([N+](=O)[O-])c1.O=[N+]([O-])c1cc(CCl)cc([N+](=O)[O-])c1.OCCN1CCOCC1.[H-].[Na+]. The van der Waals surface area contributed by atoms with Crippen molar-refractivity contribution in [3.63, 3.8) is 0 Å². The number of nitro benzene ring substituents is 4. The fourth-order valence-electron chi connectivity index (χ4n) is 13.1. The second kappa shape index (κ2) is 42.6. The van der Waals surface area contributed by atoms with Crippen LogP contribution in [-0.2, 0) is 74.9 Å². The Morgan fingerprint density at radius 3 is 1.27 bits per heavy atom. The summed E-state index contributed by atoms with van der Waals surface area (Å²) in [6.07, 6.45) is 4.72. The van der Waals surface area contributed by atoms with E-state index in [2.05, 4.69) is 39.6 Å². The maximum Gasteiger partial charge on any atom is 1.00 e. The number of aromatic nitrogens is 6. The van der Waals surface area contributed by atoms with Gasteiger partial charge in [0.15, 0.2) is 17.1 Å². The van der Waals surface area contributed by atoms with E-state index in [1.807, 2.05) is 91.2 Å². The number of methoxy groups -OCH3 is 3. The molecule has 3 N–H and O–H groups in total. The molecule has 0 radical (unpaired) electrons. The summed E-state index contributed by atoms with van der Waals surface area (Å²) in [7, 11) is 4.74. The van der Waals surface area contributed by atoms with Crippen LogP contribution in [0.5, 0.6) is 0 Å². The Hall–Kier alpha value is -10.1. The number of nitrogens with zero attached hydrogens (tertiary/aromatic N) is 11. The number of nitro groups is 4. The number of carbonyl (C=O) groups is 3. The molecule has 3 saturated heterocycles. The summed E-state index contributed by atoms with van der Waals surface area (Å²) >= 11 is 5.44. The van der Waals surface area contributed by atoms with Crippen LogP contribution in [-0.4, -0.2) is 233 Å². The number of halogens is 1. The van der Waals surface area contributed by atoms with Gasteiger partial charge in [0.25, 0.3) is 22.7 Å². The number of β-amino-alcohol motifs (C(OH)–C–C–N with tert-alkyl or cyclic N) is 1. The first-order valence-electron chi connectivity index (χ1n) is 35.8. The van der Waals surface area contributed by atoms with Crippen molar-refractivity contribution < 1.29 is 113 Å². The molecule has 36 heteroatoms. The zero-order valence-corrected chi connectivity index (χ0v) is 66.1. The summed E-state index contributed by atoms with van der Waals surface area (Å²) in [5.41, 5.74) is 7.36. The molecular formula is C77H87ClN13NaO21. The molecule has 34 nitrogen and oxygen atoms in total. The Morgan fingerprint density at radius 2 is 0.876 bits per heavy atom. The zero-order valence-electron chi connectivity index (χ0n) is 64.4. The van der Waals surface area contributed by atoms with Gasteiger partial charge in [0.05, 0.1) is 139 Å².